The number of aryl methyl sites for hydroxylation is 2. The number of hydrogen-bond acceptors (Lipinski definition) is 7. The monoisotopic (exact) mass is 335 g/mol. The van der Waals surface area contributed by atoms with Gasteiger partial charge in [-0.1, -0.05) is 17.5 Å². The number of carbonyl (C=O) groups excluding carboxylic acids is 2. The molecule has 122 valence electrons. The van der Waals surface area contributed by atoms with E-state index in [1.807, 2.05) is 19.9 Å². The molecule has 1 N–H and O–H groups in total. The summed E-state index contributed by atoms with van der Waals surface area (Å²) in [5, 5.41) is 6.50. The van der Waals surface area contributed by atoms with E-state index >= 15 is 0 Å². The summed E-state index contributed by atoms with van der Waals surface area (Å²) in [5.74, 6) is -0.504. The number of aromatic nitrogens is 2. The van der Waals surface area contributed by atoms with Gasteiger partial charge in [0.25, 0.3) is 5.91 Å². The van der Waals surface area contributed by atoms with Gasteiger partial charge in [-0.15, -0.1) is 5.10 Å². The smallest absolute Gasteiger partial charge is 0.352 e. The van der Waals surface area contributed by atoms with Crippen LogP contribution in [0.2, 0.25) is 0 Å². The number of benzene rings is 1. The highest BCUT2D eigenvalue weighted by Gasteiger charge is 2.18. The molecule has 1 aromatic heterocycles. The van der Waals surface area contributed by atoms with E-state index in [4.69, 9.17) is 9.47 Å². The second kappa shape index (κ2) is 7.68. The van der Waals surface area contributed by atoms with Gasteiger partial charge in [-0.05, 0) is 42.6 Å². The molecular weight excluding hydrogens is 318 g/mol. The zero-order valence-corrected chi connectivity index (χ0v) is 13.9. The summed E-state index contributed by atoms with van der Waals surface area (Å²) in [6, 6.07) is 5.41. The van der Waals surface area contributed by atoms with Crippen molar-refractivity contribution in [2.75, 3.05) is 19.0 Å². The summed E-state index contributed by atoms with van der Waals surface area (Å²) in [7, 11) is 1.52. The normalized spacial score (nSPS) is 10.2. The van der Waals surface area contributed by atoms with Gasteiger partial charge in [0.15, 0.2) is 11.5 Å². The lowest BCUT2D eigenvalue weighted by molar-refractivity contribution is -0.119. The number of nitrogens with zero attached hydrogens (tertiary/aromatic N) is 2. The number of methoxy groups -OCH3 is 1. The molecule has 1 aromatic carbocycles. The first-order valence-corrected chi connectivity index (χ1v) is 7.75. The van der Waals surface area contributed by atoms with E-state index in [1.165, 1.54) is 7.11 Å². The van der Waals surface area contributed by atoms with Gasteiger partial charge >= 0.3 is 5.97 Å². The molecule has 7 nitrogen and oxygen atoms in total. The maximum absolute atomic E-state index is 11.9. The van der Waals surface area contributed by atoms with Crippen LogP contribution in [-0.4, -0.2) is 35.2 Å². The molecule has 0 saturated carbocycles. The Morgan fingerprint density at radius 1 is 1.35 bits per heavy atom. The molecule has 0 fully saturated rings. The second-order valence-corrected chi connectivity index (χ2v) is 5.48. The molecule has 0 bridgehead atoms. The van der Waals surface area contributed by atoms with Crippen LogP contribution < -0.4 is 10.1 Å². The fraction of sp³-hybridized carbons (Fsp3) is 0.333. The lowest BCUT2D eigenvalue weighted by atomic mass is 10.2. The first-order chi connectivity index (χ1) is 11.0. The molecule has 2 rings (SSSR count). The molecule has 0 radical (unpaired) electrons. The quantitative estimate of drug-likeness (QED) is 0.814. The van der Waals surface area contributed by atoms with E-state index in [0.29, 0.717) is 28.4 Å². The molecule has 0 unspecified atom stereocenters. The van der Waals surface area contributed by atoms with Crippen LogP contribution in [0, 0.1) is 6.92 Å². The standard InChI is InChI=1S/C15H17N3O4S/c1-4-10-14(23-18-17-10)15(20)22-8-13(19)16-11-7-9(2)5-6-12(11)21-3/h5-7H,4,8H2,1-3H3,(H,16,19). The summed E-state index contributed by atoms with van der Waals surface area (Å²) in [5.41, 5.74) is 2.07. The Balaban J connectivity index is 1.95. The van der Waals surface area contributed by atoms with E-state index in [2.05, 4.69) is 14.9 Å². The van der Waals surface area contributed by atoms with Crippen LogP contribution in [0.1, 0.15) is 27.9 Å². The fourth-order valence-corrected chi connectivity index (χ4v) is 2.54. The molecule has 1 amide bonds. The Kier molecular flexibility index (Phi) is 5.64. The number of esters is 1. The highest BCUT2D eigenvalue weighted by molar-refractivity contribution is 7.07. The molecule has 0 aliphatic heterocycles. The van der Waals surface area contributed by atoms with Gasteiger partial charge in [-0.3, -0.25) is 4.79 Å². The topological polar surface area (TPSA) is 90.4 Å². The minimum atomic E-state index is -0.594. The zero-order chi connectivity index (χ0) is 16.8. The second-order valence-electron chi connectivity index (χ2n) is 4.73. The third-order valence-corrected chi connectivity index (χ3v) is 3.79. The van der Waals surface area contributed by atoms with Crippen molar-refractivity contribution >= 4 is 29.1 Å². The predicted molar refractivity (Wildman–Crippen MR) is 85.9 cm³/mol. The number of rotatable bonds is 6. The molecule has 8 heteroatoms. The van der Waals surface area contributed by atoms with Crippen molar-refractivity contribution < 1.29 is 19.1 Å². The molecular formula is C15H17N3O4S. The van der Waals surface area contributed by atoms with Crippen LogP contribution >= 0.6 is 11.5 Å². The minimum absolute atomic E-state index is 0.327. The van der Waals surface area contributed by atoms with Crippen molar-refractivity contribution in [1.29, 1.82) is 0 Å². The highest BCUT2D eigenvalue weighted by Crippen LogP contribution is 2.25. The van der Waals surface area contributed by atoms with Gasteiger partial charge in [-0.25, -0.2) is 4.79 Å². The average Bonchev–Trinajstić information content (AvgIpc) is 3.01. The molecule has 1 heterocycles. The number of hydrogen-bond donors (Lipinski definition) is 1. The number of amides is 1. The fourth-order valence-electron chi connectivity index (χ4n) is 1.90. The van der Waals surface area contributed by atoms with E-state index in [0.717, 1.165) is 17.1 Å². The highest BCUT2D eigenvalue weighted by atomic mass is 32.1. The van der Waals surface area contributed by atoms with Crippen molar-refractivity contribution in [3.8, 4) is 5.75 Å². The average molecular weight is 335 g/mol. The van der Waals surface area contributed by atoms with Crippen molar-refractivity contribution in [3.05, 3.63) is 34.3 Å². The van der Waals surface area contributed by atoms with Gasteiger partial charge in [0, 0.05) is 0 Å². The van der Waals surface area contributed by atoms with Gasteiger partial charge < -0.3 is 14.8 Å². The summed E-state index contributed by atoms with van der Waals surface area (Å²) in [6.45, 7) is 3.37. The lowest BCUT2D eigenvalue weighted by Gasteiger charge is -2.11. The van der Waals surface area contributed by atoms with E-state index in [-0.39, 0.29) is 0 Å². The van der Waals surface area contributed by atoms with Crippen LogP contribution in [-0.2, 0) is 16.0 Å². The first kappa shape index (κ1) is 16.9. The molecule has 0 saturated heterocycles. The number of anilines is 1. The number of nitrogens with one attached hydrogen (secondary N) is 1. The molecule has 0 spiro atoms. The Morgan fingerprint density at radius 3 is 2.83 bits per heavy atom. The van der Waals surface area contributed by atoms with E-state index in [1.54, 1.807) is 12.1 Å². The Hall–Kier alpha value is -2.48. The van der Waals surface area contributed by atoms with Crippen molar-refractivity contribution in [1.82, 2.24) is 9.59 Å². The van der Waals surface area contributed by atoms with E-state index in [9.17, 15) is 9.59 Å². The number of ether oxygens (including phenoxy) is 2. The van der Waals surface area contributed by atoms with Crippen LogP contribution in [0.25, 0.3) is 0 Å². The van der Waals surface area contributed by atoms with Gasteiger partial charge in [-0.2, -0.15) is 0 Å². The Morgan fingerprint density at radius 2 is 2.13 bits per heavy atom. The summed E-state index contributed by atoms with van der Waals surface area (Å²) in [6.07, 6.45) is 0.577. The molecule has 2 aromatic rings. The largest absolute Gasteiger partial charge is 0.495 e. The molecule has 0 aliphatic carbocycles. The van der Waals surface area contributed by atoms with Crippen molar-refractivity contribution in [2.45, 2.75) is 20.3 Å². The predicted octanol–water partition coefficient (Wildman–Crippen LogP) is 2.21. The Bertz CT molecular complexity index is 714. The van der Waals surface area contributed by atoms with E-state index < -0.39 is 18.5 Å². The van der Waals surface area contributed by atoms with Crippen LogP contribution in [0.5, 0.6) is 5.75 Å². The minimum Gasteiger partial charge on any atom is -0.495 e. The number of carbonyl (C=O) groups is 2. The van der Waals surface area contributed by atoms with Gasteiger partial charge in [0.2, 0.25) is 0 Å². The molecule has 23 heavy (non-hydrogen) atoms. The molecule has 0 atom stereocenters. The van der Waals surface area contributed by atoms with Gasteiger partial charge in [0.05, 0.1) is 18.5 Å². The van der Waals surface area contributed by atoms with Crippen LogP contribution in [0.4, 0.5) is 5.69 Å². The molecule has 0 aliphatic rings. The third kappa shape index (κ3) is 4.26. The zero-order valence-electron chi connectivity index (χ0n) is 13.1. The van der Waals surface area contributed by atoms with Crippen molar-refractivity contribution in [3.63, 3.8) is 0 Å². The third-order valence-electron chi connectivity index (χ3n) is 3.04. The Labute approximate surface area is 137 Å². The van der Waals surface area contributed by atoms with Gasteiger partial charge in [0.1, 0.15) is 5.75 Å². The van der Waals surface area contributed by atoms with Crippen LogP contribution in [0.15, 0.2) is 18.2 Å². The first-order valence-electron chi connectivity index (χ1n) is 6.98. The summed E-state index contributed by atoms with van der Waals surface area (Å²) >= 11 is 0.959. The SMILES string of the molecule is CCc1nnsc1C(=O)OCC(=O)Nc1cc(C)ccc1OC. The summed E-state index contributed by atoms with van der Waals surface area (Å²) < 4.78 is 13.9. The van der Waals surface area contributed by atoms with Crippen molar-refractivity contribution in [2.24, 2.45) is 0 Å². The maximum atomic E-state index is 11.9. The summed E-state index contributed by atoms with van der Waals surface area (Å²) in [4.78, 5) is 24.2. The lowest BCUT2D eigenvalue weighted by Crippen LogP contribution is -2.21. The van der Waals surface area contributed by atoms with Crippen LogP contribution in [0.3, 0.4) is 0 Å². The maximum Gasteiger partial charge on any atom is 0.352 e.